The lowest BCUT2D eigenvalue weighted by molar-refractivity contribution is 0.112. The molecule has 1 N–H and O–H groups in total. The van der Waals surface area contributed by atoms with Crippen LogP contribution in [0, 0.1) is 0 Å². The first kappa shape index (κ1) is 11.1. The van der Waals surface area contributed by atoms with Gasteiger partial charge in [0.25, 0.3) is 0 Å². The molecule has 88 valence electrons. The van der Waals surface area contributed by atoms with Gasteiger partial charge in [-0.1, -0.05) is 48.2 Å². The Hall–Kier alpha value is -2.00. The van der Waals surface area contributed by atoms with Crippen LogP contribution in [0.2, 0.25) is 0 Å². The quantitative estimate of drug-likeness (QED) is 0.712. The fourth-order valence-electron chi connectivity index (χ4n) is 1.89. The average molecular weight is 253 g/mol. The molecule has 3 rings (SSSR count). The highest BCUT2D eigenvalue weighted by Gasteiger charge is 2.05. The van der Waals surface area contributed by atoms with E-state index < -0.39 is 0 Å². The van der Waals surface area contributed by atoms with Gasteiger partial charge in [0.2, 0.25) is 0 Å². The number of benzene rings is 2. The molecule has 0 aliphatic heterocycles. The molecule has 0 saturated carbocycles. The molecule has 18 heavy (non-hydrogen) atoms. The molecular formula is C15H11NOS. The molecule has 0 aliphatic carbocycles. The summed E-state index contributed by atoms with van der Waals surface area (Å²) in [5.74, 6) is 0. The zero-order chi connectivity index (χ0) is 12.4. The van der Waals surface area contributed by atoms with E-state index in [1.807, 2.05) is 42.5 Å². The third-order valence-electron chi connectivity index (χ3n) is 2.77. The Kier molecular flexibility index (Phi) is 2.90. The van der Waals surface area contributed by atoms with Crippen LogP contribution in [0.3, 0.4) is 0 Å². The fraction of sp³-hybridized carbons (Fsp3) is 0. The van der Waals surface area contributed by atoms with Gasteiger partial charge in [-0.2, -0.15) is 0 Å². The standard InChI is InChI=1S/C15H11NOS/c17-10-12-6-2-4-8-14(12)18-15-9-11-5-1-3-7-13(11)16-15/h1-10,16H. The van der Waals surface area contributed by atoms with E-state index in [4.69, 9.17) is 0 Å². The molecule has 2 nitrogen and oxygen atoms in total. The molecule has 1 aromatic heterocycles. The van der Waals surface area contributed by atoms with E-state index in [1.165, 1.54) is 5.39 Å². The Morgan fingerprint density at radius 2 is 1.78 bits per heavy atom. The number of H-pyrrole nitrogens is 1. The smallest absolute Gasteiger partial charge is 0.151 e. The second-order valence-electron chi connectivity index (χ2n) is 3.98. The van der Waals surface area contributed by atoms with Crippen molar-refractivity contribution in [3.8, 4) is 0 Å². The van der Waals surface area contributed by atoms with E-state index in [9.17, 15) is 4.79 Å². The number of hydrogen-bond acceptors (Lipinski definition) is 2. The largest absolute Gasteiger partial charge is 0.349 e. The second kappa shape index (κ2) is 4.70. The van der Waals surface area contributed by atoms with Gasteiger partial charge in [0.05, 0.1) is 5.03 Å². The van der Waals surface area contributed by atoms with Gasteiger partial charge < -0.3 is 4.98 Å². The zero-order valence-corrected chi connectivity index (χ0v) is 10.4. The van der Waals surface area contributed by atoms with Crippen LogP contribution in [0.5, 0.6) is 0 Å². The van der Waals surface area contributed by atoms with Crippen LogP contribution in [0.1, 0.15) is 10.4 Å². The Bertz CT molecular complexity index is 669. The molecule has 1 heterocycles. The van der Waals surface area contributed by atoms with Gasteiger partial charge in [-0.15, -0.1) is 0 Å². The van der Waals surface area contributed by atoms with Crippen molar-refractivity contribution < 1.29 is 4.79 Å². The number of fused-ring (bicyclic) bond motifs is 1. The van der Waals surface area contributed by atoms with Crippen molar-refractivity contribution >= 4 is 29.0 Å². The van der Waals surface area contributed by atoms with Crippen LogP contribution >= 0.6 is 11.8 Å². The van der Waals surface area contributed by atoms with E-state index in [-0.39, 0.29) is 0 Å². The lowest BCUT2D eigenvalue weighted by Gasteiger charge is -2.01. The van der Waals surface area contributed by atoms with Crippen LogP contribution in [0.25, 0.3) is 10.9 Å². The van der Waals surface area contributed by atoms with Gasteiger partial charge in [-0.3, -0.25) is 4.79 Å². The molecule has 0 radical (unpaired) electrons. The molecule has 0 aliphatic rings. The van der Waals surface area contributed by atoms with Crippen molar-refractivity contribution in [3.63, 3.8) is 0 Å². The summed E-state index contributed by atoms with van der Waals surface area (Å²) in [7, 11) is 0. The van der Waals surface area contributed by atoms with E-state index in [0.29, 0.717) is 0 Å². The fourth-order valence-corrected chi connectivity index (χ4v) is 2.86. The van der Waals surface area contributed by atoms with Crippen LogP contribution < -0.4 is 0 Å². The summed E-state index contributed by atoms with van der Waals surface area (Å²) >= 11 is 1.58. The molecule has 0 atom stereocenters. The van der Waals surface area contributed by atoms with Crippen molar-refractivity contribution in [1.29, 1.82) is 0 Å². The number of aromatic amines is 1. The van der Waals surface area contributed by atoms with Gasteiger partial charge in [0.15, 0.2) is 6.29 Å². The first-order valence-corrected chi connectivity index (χ1v) is 6.48. The number of hydrogen-bond donors (Lipinski definition) is 1. The summed E-state index contributed by atoms with van der Waals surface area (Å²) in [6.45, 7) is 0. The van der Waals surface area contributed by atoms with Crippen molar-refractivity contribution in [1.82, 2.24) is 4.98 Å². The molecule has 3 aromatic rings. The molecule has 2 aromatic carbocycles. The van der Waals surface area contributed by atoms with Crippen molar-refractivity contribution in [3.05, 3.63) is 60.2 Å². The number of nitrogens with one attached hydrogen (secondary N) is 1. The number of carbonyl (C=O) groups is 1. The molecule has 0 unspecified atom stereocenters. The minimum atomic E-state index is 0.723. The Labute approximate surface area is 109 Å². The maximum atomic E-state index is 11.0. The molecule has 3 heteroatoms. The van der Waals surface area contributed by atoms with Gasteiger partial charge in [0, 0.05) is 21.4 Å². The highest BCUT2D eigenvalue weighted by Crippen LogP contribution is 2.31. The Morgan fingerprint density at radius 3 is 2.61 bits per heavy atom. The summed E-state index contributed by atoms with van der Waals surface area (Å²) in [5.41, 5.74) is 1.84. The molecular weight excluding hydrogens is 242 g/mol. The predicted molar refractivity (Wildman–Crippen MR) is 74.3 cm³/mol. The number of para-hydroxylation sites is 1. The third kappa shape index (κ3) is 2.05. The monoisotopic (exact) mass is 253 g/mol. The van der Waals surface area contributed by atoms with E-state index in [1.54, 1.807) is 11.8 Å². The molecule has 0 bridgehead atoms. The van der Waals surface area contributed by atoms with E-state index in [0.717, 1.165) is 27.3 Å². The summed E-state index contributed by atoms with van der Waals surface area (Å²) in [6, 6.07) is 17.8. The lowest BCUT2D eigenvalue weighted by atomic mass is 10.2. The topological polar surface area (TPSA) is 32.9 Å². The number of carbonyl (C=O) groups excluding carboxylic acids is 1. The summed E-state index contributed by atoms with van der Waals surface area (Å²) in [6.07, 6.45) is 0.894. The summed E-state index contributed by atoms with van der Waals surface area (Å²) in [4.78, 5) is 15.3. The Morgan fingerprint density at radius 1 is 1.00 bits per heavy atom. The van der Waals surface area contributed by atoms with Gasteiger partial charge in [0.1, 0.15) is 0 Å². The molecule has 0 amide bonds. The highest BCUT2D eigenvalue weighted by atomic mass is 32.2. The van der Waals surface area contributed by atoms with Gasteiger partial charge >= 0.3 is 0 Å². The number of aromatic nitrogens is 1. The second-order valence-corrected chi connectivity index (χ2v) is 5.06. The lowest BCUT2D eigenvalue weighted by Crippen LogP contribution is -1.83. The first-order chi connectivity index (χ1) is 8.86. The normalized spacial score (nSPS) is 10.7. The van der Waals surface area contributed by atoms with Crippen molar-refractivity contribution in [2.75, 3.05) is 0 Å². The minimum Gasteiger partial charge on any atom is -0.349 e. The van der Waals surface area contributed by atoms with Crippen LogP contribution in [0.4, 0.5) is 0 Å². The molecule has 0 fully saturated rings. The highest BCUT2D eigenvalue weighted by molar-refractivity contribution is 7.99. The molecule has 0 spiro atoms. The average Bonchev–Trinajstić information content (AvgIpc) is 2.81. The van der Waals surface area contributed by atoms with Crippen LogP contribution in [-0.2, 0) is 0 Å². The predicted octanol–water partition coefficient (Wildman–Crippen LogP) is 4.13. The third-order valence-corrected chi connectivity index (χ3v) is 3.80. The van der Waals surface area contributed by atoms with E-state index >= 15 is 0 Å². The van der Waals surface area contributed by atoms with Gasteiger partial charge in [-0.05, 0) is 18.2 Å². The summed E-state index contributed by atoms with van der Waals surface area (Å²) in [5, 5.41) is 2.23. The van der Waals surface area contributed by atoms with Crippen molar-refractivity contribution in [2.24, 2.45) is 0 Å². The minimum absolute atomic E-state index is 0.723. The van der Waals surface area contributed by atoms with Crippen LogP contribution in [-0.4, -0.2) is 11.3 Å². The SMILES string of the molecule is O=Cc1ccccc1Sc1cc2ccccc2[nH]1. The number of rotatable bonds is 3. The van der Waals surface area contributed by atoms with Gasteiger partial charge in [-0.25, -0.2) is 0 Å². The maximum absolute atomic E-state index is 11.0. The van der Waals surface area contributed by atoms with E-state index in [2.05, 4.69) is 17.1 Å². The summed E-state index contributed by atoms with van der Waals surface area (Å²) < 4.78 is 0. The zero-order valence-electron chi connectivity index (χ0n) is 9.59. The Balaban J connectivity index is 1.98. The molecule has 0 saturated heterocycles. The first-order valence-electron chi connectivity index (χ1n) is 5.66. The number of aldehydes is 1. The van der Waals surface area contributed by atoms with Crippen LogP contribution in [0.15, 0.2) is 64.5 Å². The van der Waals surface area contributed by atoms with Crippen molar-refractivity contribution in [2.45, 2.75) is 9.92 Å². The maximum Gasteiger partial charge on any atom is 0.151 e.